The van der Waals surface area contributed by atoms with Gasteiger partial charge in [-0.25, -0.2) is 0 Å². The predicted octanol–water partition coefficient (Wildman–Crippen LogP) is 3.26. The number of hydrogen-bond donors (Lipinski definition) is 1. The molecule has 0 aromatic rings. The first-order chi connectivity index (χ1) is 9.15. The minimum atomic E-state index is 0.416. The first-order valence-electron chi connectivity index (χ1n) is 8.64. The summed E-state index contributed by atoms with van der Waals surface area (Å²) in [6.07, 6.45) is 9.99. The van der Waals surface area contributed by atoms with Crippen molar-refractivity contribution in [3.8, 4) is 0 Å². The van der Waals surface area contributed by atoms with E-state index in [0.717, 1.165) is 23.7 Å². The maximum atomic E-state index is 6.52. The zero-order valence-electron chi connectivity index (χ0n) is 12.9. The van der Waals surface area contributed by atoms with Crippen LogP contribution in [0.15, 0.2) is 0 Å². The summed E-state index contributed by atoms with van der Waals surface area (Å²) in [4.78, 5) is 2.79. The monoisotopic (exact) mass is 264 g/mol. The topological polar surface area (TPSA) is 29.3 Å². The van der Waals surface area contributed by atoms with E-state index < -0.39 is 0 Å². The van der Waals surface area contributed by atoms with Crippen molar-refractivity contribution in [2.45, 2.75) is 70.9 Å². The highest BCUT2D eigenvalue weighted by Gasteiger charge is 2.40. The van der Waals surface area contributed by atoms with Crippen molar-refractivity contribution in [1.29, 1.82) is 0 Å². The van der Waals surface area contributed by atoms with Crippen LogP contribution < -0.4 is 5.73 Å². The highest BCUT2D eigenvalue weighted by atomic mass is 15.2. The maximum absolute atomic E-state index is 6.52. The van der Waals surface area contributed by atoms with Gasteiger partial charge < -0.3 is 5.73 Å². The lowest BCUT2D eigenvalue weighted by atomic mass is 9.72. The number of likely N-dealkylation sites (tertiary alicyclic amines) is 1. The molecule has 2 heteroatoms. The second-order valence-electron chi connectivity index (χ2n) is 7.80. The van der Waals surface area contributed by atoms with Crippen LogP contribution >= 0.6 is 0 Å². The van der Waals surface area contributed by atoms with E-state index in [4.69, 9.17) is 5.73 Å². The van der Waals surface area contributed by atoms with Gasteiger partial charge in [-0.3, -0.25) is 4.90 Å². The highest BCUT2D eigenvalue weighted by molar-refractivity contribution is 4.95. The van der Waals surface area contributed by atoms with Crippen LogP contribution in [0.4, 0.5) is 0 Å². The molecule has 1 heterocycles. The summed E-state index contributed by atoms with van der Waals surface area (Å²) >= 11 is 0. The predicted molar refractivity (Wildman–Crippen MR) is 81.0 cm³/mol. The van der Waals surface area contributed by atoms with Crippen LogP contribution in [0.2, 0.25) is 0 Å². The molecule has 0 spiro atoms. The third-order valence-electron chi connectivity index (χ3n) is 6.21. The summed E-state index contributed by atoms with van der Waals surface area (Å²) in [6.45, 7) is 7.48. The number of rotatable bonds is 1. The number of piperidine rings is 1. The van der Waals surface area contributed by atoms with Gasteiger partial charge in [0.1, 0.15) is 0 Å². The quantitative estimate of drug-likeness (QED) is 0.787. The van der Waals surface area contributed by atoms with Crippen molar-refractivity contribution >= 4 is 0 Å². The molecular weight excluding hydrogens is 232 g/mol. The average Bonchev–Trinajstić information content (AvgIpc) is 2.37. The van der Waals surface area contributed by atoms with Crippen molar-refractivity contribution in [2.75, 3.05) is 13.1 Å². The first kappa shape index (κ1) is 13.9. The number of fused-ring (bicyclic) bond motifs is 1. The van der Waals surface area contributed by atoms with Crippen molar-refractivity contribution in [3.05, 3.63) is 0 Å². The Kier molecular flexibility index (Phi) is 4.19. The van der Waals surface area contributed by atoms with Crippen LogP contribution in [0.3, 0.4) is 0 Å². The van der Waals surface area contributed by atoms with Gasteiger partial charge in [-0.15, -0.1) is 0 Å². The van der Waals surface area contributed by atoms with Crippen LogP contribution in [0.1, 0.15) is 58.8 Å². The van der Waals surface area contributed by atoms with Crippen LogP contribution in [-0.4, -0.2) is 30.1 Å². The fourth-order valence-electron chi connectivity index (χ4n) is 5.43. The number of nitrogens with zero attached hydrogens (tertiary/aromatic N) is 1. The third kappa shape index (κ3) is 2.85. The molecular formula is C17H32N2. The lowest BCUT2D eigenvalue weighted by Gasteiger charge is -2.50. The van der Waals surface area contributed by atoms with E-state index in [9.17, 15) is 0 Å². The summed E-state index contributed by atoms with van der Waals surface area (Å²) in [5, 5.41) is 0. The van der Waals surface area contributed by atoms with Gasteiger partial charge in [0.05, 0.1) is 0 Å². The lowest BCUT2D eigenvalue weighted by Crippen LogP contribution is -2.58. The molecule has 3 fully saturated rings. The molecule has 6 atom stereocenters. The molecule has 19 heavy (non-hydrogen) atoms. The smallest absolute Gasteiger partial charge is 0.0273 e. The Balaban J connectivity index is 1.65. The highest BCUT2D eigenvalue weighted by Crippen LogP contribution is 2.39. The molecule has 2 N–H and O–H groups in total. The Morgan fingerprint density at radius 2 is 1.68 bits per heavy atom. The fourth-order valence-corrected chi connectivity index (χ4v) is 5.43. The molecule has 2 nitrogen and oxygen atoms in total. The molecule has 2 aliphatic carbocycles. The maximum Gasteiger partial charge on any atom is 0.0273 e. The minimum Gasteiger partial charge on any atom is -0.326 e. The molecule has 0 bridgehead atoms. The average molecular weight is 264 g/mol. The van der Waals surface area contributed by atoms with Gasteiger partial charge in [0.2, 0.25) is 0 Å². The van der Waals surface area contributed by atoms with Gasteiger partial charge in [-0.05, 0) is 55.9 Å². The van der Waals surface area contributed by atoms with Crippen LogP contribution in [0.5, 0.6) is 0 Å². The van der Waals surface area contributed by atoms with Crippen molar-refractivity contribution in [1.82, 2.24) is 4.90 Å². The molecule has 2 saturated carbocycles. The number of nitrogens with two attached hydrogens (primary N) is 1. The molecule has 3 rings (SSSR count). The van der Waals surface area contributed by atoms with E-state index in [2.05, 4.69) is 18.7 Å². The zero-order chi connectivity index (χ0) is 13.4. The SMILES string of the molecule is CC1CC(C)C(N2CCC3CCCCC3C2)C(N)C1. The van der Waals surface area contributed by atoms with Gasteiger partial charge in [0.15, 0.2) is 0 Å². The Bertz CT molecular complexity index is 292. The van der Waals surface area contributed by atoms with E-state index in [1.54, 1.807) is 0 Å². The van der Waals surface area contributed by atoms with Gasteiger partial charge in [0, 0.05) is 18.6 Å². The Morgan fingerprint density at radius 3 is 2.42 bits per heavy atom. The molecule has 0 amide bonds. The fraction of sp³-hybridized carbons (Fsp3) is 1.00. The first-order valence-corrected chi connectivity index (χ1v) is 8.64. The minimum absolute atomic E-state index is 0.416. The van der Waals surface area contributed by atoms with Crippen molar-refractivity contribution in [3.63, 3.8) is 0 Å². The van der Waals surface area contributed by atoms with Crippen LogP contribution in [0, 0.1) is 23.7 Å². The Labute approximate surface area is 119 Å². The van der Waals surface area contributed by atoms with Gasteiger partial charge in [-0.2, -0.15) is 0 Å². The van der Waals surface area contributed by atoms with E-state index in [-0.39, 0.29) is 0 Å². The Hall–Kier alpha value is -0.0800. The standard InChI is InChI=1S/C17H32N2/c1-12-9-13(2)17(16(18)10-12)19-8-7-14-5-3-4-6-15(14)11-19/h12-17H,3-11,18H2,1-2H3. The van der Waals surface area contributed by atoms with E-state index in [1.807, 2.05) is 0 Å². The molecule has 0 radical (unpaired) electrons. The van der Waals surface area contributed by atoms with E-state index in [0.29, 0.717) is 12.1 Å². The van der Waals surface area contributed by atoms with Gasteiger partial charge in [-0.1, -0.05) is 33.1 Å². The molecule has 1 aliphatic heterocycles. The second-order valence-corrected chi connectivity index (χ2v) is 7.80. The second kappa shape index (κ2) is 5.73. The normalized spacial score (nSPS) is 48.8. The molecule has 1 saturated heterocycles. The summed E-state index contributed by atoms with van der Waals surface area (Å²) in [6, 6.07) is 1.08. The molecule has 3 aliphatic rings. The van der Waals surface area contributed by atoms with Gasteiger partial charge >= 0.3 is 0 Å². The number of hydrogen-bond acceptors (Lipinski definition) is 2. The summed E-state index contributed by atoms with van der Waals surface area (Å²) in [5.41, 5.74) is 6.52. The van der Waals surface area contributed by atoms with Crippen molar-refractivity contribution in [2.24, 2.45) is 29.4 Å². The molecule has 6 unspecified atom stereocenters. The van der Waals surface area contributed by atoms with Crippen LogP contribution in [0.25, 0.3) is 0 Å². The molecule has 110 valence electrons. The van der Waals surface area contributed by atoms with Crippen LogP contribution in [-0.2, 0) is 0 Å². The summed E-state index contributed by atoms with van der Waals surface area (Å²) < 4.78 is 0. The van der Waals surface area contributed by atoms with Crippen molar-refractivity contribution < 1.29 is 0 Å². The lowest BCUT2D eigenvalue weighted by molar-refractivity contribution is 0.00847. The summed E-state index contributed by atoms with van der Waals surface area (Å²) in [7, 11) is 0. The van der Waals surface area contributed by atoms with Gasteiger partial charge in [0.25, 0.3) is 0 Å². The largest absolute Gasteiger partial charge is 0.326 e. The molecule has 0 aromatic heterocycles. The third-order valence-corrected chi connectivity index (χ3v) is 6.21. The van der Waals surface area contributed by atoms with E-state index in [1.165, 1.54) is 58.0 Å². The summed E-state index contributed by atoms with van der Waals surface area (Å²) in [5.74, 6) is 3.65. The zero-order valence-corrected chi connectivity index (χ0v) is 12.9. The Morgan fingerprint density at radius 1 is 0.947 bits per heavy atom. The van der Waals surface area contributed by atoms with E-state index >= 15 is 0 Å². The molecule has 0 aromatic carbocycles.